The largest absolute Gasteiger partial charge is 0.478 e. The zero-order valence-corrected chi connectivity index (χ0v) is 12.5. The number of H-pyrrole nitrogens is 1. The van der Waals surface area contributed by atoms with Crippen LogP contribution in [0.2, 0.25) is 0 Å². The summed E-state index contributed by atoms with van der Waals surface area (Å²) in [6, 6.07) is 0. The van der Waals surface area contributed by atoms with Gasteiger partial charge in [0.05, 0.1) is 6.54 Å². The second kappa shape index (κ2) is 5.30. The number of rotatable bonds is 5. The van der Waals surface area contributed by atoms with Gasteiger partial charge < -0.3 is 9.67 Å². The molecule has 0 aliphatic rings. The van der Waals surface area contributed by atoms with E-state index in [9.17, 15) is 13.2 Å². The van der Waals surface area contributed by atoms with Crippen molar-refractivity contribution in [2.45, 2.75) is 18.5 Å². The van der Waals surface area contributed by atoms with Crippen LogP contribution in [-0.2, 0) is 23.6 Å². The molecule has 0 aliphatic heterocycles. The lowest BCUT2D eigenvalue weighted by molar-refractivity contribution is 0.0691. The SMILES string of the molecule is Cc1[nH]nc(S(=O)(=O)N(C)Cc2nccn2C)c1C(=O)O. The predicted molar refractivity (Wildman–Crippen MR) is 72.1 cm³/mol. The fourth-order valence-corrected chi connectivity index (χ4v) is 3.07. The molecular weight excluding hydrogens is 298 g/mol. The zero-order chi connectivity index (χ0) is 15.8. The quantitative estimate of drug-likeness (QED) is 0.799. The minimum atomic E-state index is -4.03. The van der Waals surface area contributed by atoms with Gasteiger partial charge in [0.15, 0.2) is 0 Å². The molecule has 0 saturated carbocycles. The molecule has 114 valence electrons. The third-order valence-corrected chi connectivity index (χ3v) is 4.80. The number of aromatic nitrogens is 4. The van der Waals surface area contributed by atoms with Gasteiger partial charge in [-0.25, -0.2) is 18.2 Å². The second-order valence-electron chi connectivity index (χ2n) is 4.55. The molecule has 9 nitrogen and oxygen atoms in total. The Morgan fingerprint density at radius 1 is 1.52 bits per heavy atom. The van der Waals surface area contributed by atoms with E-state index in [0.29, 0.717) is 5.82 Å². The van der Waals surface area contributed by atoms with E-state index in [4.69, 9.17) is 5.11 Å². The van der Waals surface area contributed by atoms with E-state index in [-0.39, 0.29) is 17.8 Å². The van der Waals surface area contributed by atoms with Gasteiger partial charge in [0, 0.05) is 32.2 Å². The van der Waals surface area contributed by atoms with Crippen molar-refractivity contribution in [2.75, 3.05) is 7.05 Å². The Bertz CT molecular complexity index is 776. The normalized spacial score (nSPS) is 12.0. The van der Waals surface area contributed by atoms with Gasteiger partial charge >= 0.3 is 5.97 Å². The van der Waals surface area contributed by atoms with Crippen molar-refractivity contribution >= 4 is 16.0 Å². The lowest BCUT2D eigenvalue weighted by atomic mass is 10.3. The van der Waals surface area contributed by atoms with Crippen LogP contribution in [0.15, 0.2) is 17.4 Å². The van der Waals surface area contributed by atoms with Gasteiger partial charge in [-0.15, -0.1) is 0 Å². The molecule has 0 spiro atoms. The van der Waals surface area contributed by atoms with Crippen LogP contribution in [0.4, 0.5) is 0 Å². The summed E-state index contributed by atoms with van der Waals surface area (Å²) in [6.07, 6.45) is 3.24. The fraction of sp³-hybridized carbons (Fsp3) is 0.364. The molecule has 0 atom stereocenters. The van der Waals surface area contributed by atoms with E-state index < -0.39 is 21.0 Å². The third kappa shape index (κ3) is 2.67. The molecule has 0 bridgehead atoms. The summed E-state index contributed by atoms with van der Waals surface area (Å²) in [5.41, 5.74) is -0.159. The van der Waals surface area contributed by atoms with E-state index in [1.807, 2.05) is 0 Å². The third-order valence-electron chi connectivity index (χ3n) is 3.07. The highest BCUT2D eigenvalue weighted by Crippen LogP contribution is 2.20. The number of carboxylic acids is 1. The number of nitrogens with zero attached hydrogens (tertiary/aromatic N) is 4. The monoisotopic (exact) mass is 313 g/mol. The molecule has 2 rings (SSSR count). The summed E-state index contributed by atoms with van der Waals surface area (Å²) in [5, 5.41) is 14.6. The predicted octanol–water partition coefficient (Wildman–Crippen LogP) is -0.0295. The first-order chi connectivity index (χ1) is 9.75. The first-order valence-corrected chi connectivity index (χ1v) is 7.40. The van der Waals surface area contributed by atoms with Crippen molar-refractivity contribution in [1.29, 1.82) is 0 Å². The van der Waals surface area contributed by atoms with Crippen molar-refractivity contribution in [3.8, 4) is 0 Å². The number of carboxylic acid groups (broad SMARTS) is 1. The average Bonchev–Trinajstić information content (AvgIpc) is 2.96. The molecule has 0 radical (unpaired) electrons. The van der Waals surface area contributed by atoms with Crippen molar-refractivity contribution in [3.63, 3.8) is 0 Å². The first kappa shape index (κ1) is 15.2. The molecule has 2 aromatic heterocycles. The summed E-state index contributed by atoms with van der Waals surface area (Å²) in [4.78, 5) is 15.2. The summed E-state index contributed by atoms with van der Waals surface area (Å²) < 4.78 is 27.6. The van der Waals surface area contributed by atoms with Gasteiger partial charge in [0.25, 0.3) is 10.0 Å². The van der Waals surface area contributed by atoms with Gasteiger partial charge in [-0.1, -0.05) is 0 Å². The molecule has 2 N–H and O–H groups in total. The molecule has 0 amide bonds. The van der Waals surface area contributed by atoms with Crippen LogP contribution in [0, 0.1) is 6.92 Å². The average molecular weight is 313 g/mol. The number of imidazole rings is 1. The number of hydrogen-bond donors (Lipinski definition) is 2. The van der Waals surface area contributed by atoms with E-state index in [1.165, 1.54) is 14.0 Å². The Hall–Kier alpha value is -2.20. The number of aromatic amines is 1. The number of nitrogens with one attached hydrogen (secondary N) is 1. The lowest BCUT2D eigenvalue weighted by Crippen LogP contribution is -2.29. The van der Waals surface area contributed by atoms with Crippen LogP contribution in [0.3, 0.4) is 0 Å². The van der Waals surface area contributed by atoms with Gasteiger partial charge in [-0.2, -0.15) is 9.40 Å². The topological polar surface area (TPSA) is 121 Å². The summed E-state index contributed by atoms with van der Waals surface area (Å²) in [7, 11) is -0.943. The molecule has 0 unspecified atom stereocenters. The maximum Gasteiger partial charge on any atom is 0.340 e. The molecule has 0 fully saturated rings. The molecular formula is C11H15N5O4S. The highest BCUT2D eigenvalue weighted by atomic mass is 32.2. The number of sulfonamides is 1. The van der Waals surface area contributed by atoms with Crippen molar-refractivity contribution in [1.82, 2.24) is 24.1 Å². The number of aryl methyl sites for hydroxylation is 2. The second-order valence-corrected chi connectivity index (χ2v) is 6.51. The Morgan fingerprint density at radius 2 is 2.19 bits per heavy atom. The van der Waals surface area contributed by atoms with Gasteiger partial charge in [-0.05, 0) is 6.92 Å². The summed E-state index contributed by atoms with van der Waals surface area (Å²) in [5.74, 6) is -0.810. The van der Waals surface area contributed by atoms with Crippen molar-refractivity contribution in [3.05, 3.63) is 29.5 Å². The van der Waals surface area contributed by atoms with E-state index in [0.717, 1.165) is 4.31 Å². The smallest absolute Gasteiger partial charge is 0.340 e. The van der Waals surface area contributed by atoms with Crippen LogP contribution in [0.25, 0.3) is 0 Å². The Kier molecular flexibility index (Phi) is 3.83. The number of aromatic carboxylic acids is 1. The Labute approximate surface area is 121 Å². The highest BCUT2D eigenvalue weighted by Gasteiger charge is 2.31. The lowest BCUT2D eigenvalue weighted by Gasteiger charge is -2.15. The van der Waals surface area contributed by atoms with Crippen LogP contribution in [-0.4, -0.2) is 50.6 Å². The van der Waals surface area contributed by atoms with Gasteiger partial charge in [0.2, 0.25) is 5.03 Å². The number of carbonyl (C=O) groups is 1. The van der Waals surface area contributed by atoms with E-state index >= 15 is 0 Å². The fourth-order valence-electron chi connectivity index (χ4n) is 1.83. The van der Waals surface area contributed by atoms with Crippen molar-refractivity contribution in [2.24, 2.45) is 7.05 Å². The van der Waals surface area contributed by atoms with E-state index in [1.54, 1.807) is 24.0 Å². The van der Waals surface area contributed by atoms with Crippen LogP contribution >= 0.6 is 0 Å². The maximum absolute atomic E-state index is 12.5. The van der Waals surface area contributed by atoms with Gasteiger partial charge in [0.1, 0.15) is 11.4 Å². The van der Waals surface area contributed by atoms with Crippen molar-refractivity contribution < 1.29 is 18.3 Å². The summed E-state index contributed by atoms with van der Waals surface area (Å²) in [6.45, 7) is 1.46. The molecule has 2 heterocycles. The number of hydrogen-bond acceptors (Lipinski definition) is 5. The molecule has 21 heavy (non-hydrogen) atoms. The standard InChI is InChI=1S/C11H15N5O4S/c1-7-9(11(17)18)10(14-13-7)21(19,20)16(3)6-8-12-4-5-15(8)2/h4-5H,6H2,1-3H3,(H,13,14)(H,17,18). The minimum Gasteiger partial charge on any atom is -0.478 e. The summed E-state index contributed by atoms with van der Waals surface area (Å²) >= 11 is 0. The molecule has 10 heteroatoms. The molecule has 2 aromatic rings. The maximum atomic E-state index is 12.5. The molecule has 0 aliphatic carbocycles. The highest BCUT2D eigenvalue weighted by molar-refractivity contribution is 7.89. The van der Waals surface area contributed by atoms with Gasteiger partial charge in [-0.3, -0.25) is 5.10 Å². The first-order valence-electron chi connectivity index (χ1n) is 5.96. The Morgan fingerprint density at radius 3 is 2.71 bits per heavy atom. The minimum absolute atomic E-state index is 0.0107. The van der Waals surface area contributed by atoms with Crippen LogP contribution in [0.1, 0.15) is 21.9 Å². The van der Waals surface area contributed by atoms with E-state index in [2.05, 4.69) is 15.2 Å². The van der Waals surface area contributed by atoms with Crippen LogP contribution < -0.4 is 0 Å². The Balaban J connectivity index is 2.38. The molecule has 0 aromatic carbocycles. The van der Waals surface area contributed by atoms with Crippen LogP contribution in [0.5, 0.6) is 0 Å². The zero-order valence-electron chi connectivity index (χ0n) is 11.7. The molecule has 0 saturated heterocycles.